The van der Waals surface area contributed by atoms with Gasteiger partial charge in [0, 0.05) is 11.3 Å². The van der Waals surface area contributed by atoms with Gasteiger partial charge in [-0.05, 0) is 53.9 Å². The van der Waals surface area contributed by atoms with Crippen molar-refractivity contribution in [1.82, 2.24) is 5.32 Å². The monoisotopic (exact) mass is 504 g/mol. The van der Waals surface area contributed by atoms with E-state index in [2.05, 4.69) is 28.6 Å². The van der Waals surface area contributed by atoms with E-state index in [9.17, 15) is 4.79 Å². The standard InChI is InChI=1S/C22H24N4O2.HI/c1-2-16-6-4-9-19(13-16)26-22(23)25-14-17-7-3-8-18(12-17)21(27)24-15-20-10-5-11-28-20;/h3-13H,2,14-15H2,1H3,(H,24,27)(H3,23,25,26);1H. The van der Waals surface area contributed by atoms with E-state index in [-0.39, 0.29) is 29.9 Å². The molecular weight excluding hydrogens is 479 g/mol. The third kappa shape index (κ3) is 6.94. The van der Waals surface area contributed by atoms with E-state index in [1.807, 2.05) is 42.5 Å². The highest BCUT2D eigenvalue weighted by Gasteiger charge is 2.07. The summed E-state index contributed by atoms with van der Waals surface area (Å²) in [5.74, 6) is 0.880. The zero-order valence-electron chi connectivity index (χ0n) is 16.2. The van der Waals surface area contributed by atoms with Crippen LogP contribution in [0.5, 0.6) is 0 Å². The minimum atomic E-state index is -0.162. The Hall–Kier alpha value is -2.81. The number of aliphatic imine (C=N–C) groups is 1. The Balaban J connectivity index is 0.00000300. The molecule has 0 spiro atoms. The number of nitrogens with two attached hydrogens (primary N) is 1. The summed E-state index contributed by atoms with van der Waals surface area (Å²) in [4.78, 5) is 16.7. The number of hydrogen-bond acceptors (Lipinski definition) is 3. The number of nitrogens with one attached hydrogen (secondary N) is 2. The van der Waals surface area contributed by atoms with Gasteiger partial charge in [0.05, 0.1) is 19.4 Å². The van der Waals surface area contributed by atoms with Crippen molar-refractivity contribution in [2.75, 3.05) is 5.32 Å². The minimum absolute atomic E-state index is 0. The molecule has 0 atom stereocenters. The maximum atomic E-state index is 12.3. The number of aryl methyl sites for hydroxylation is 1. The van der Waals surface area contributed by atoms with Crippen LogP contribution in [0.25, 0.3) is 0 Å². The summed E-state index contributed by atoms with van der Waals surface area (Å²) in [5.41, 5.74) is 9.60. The number of benzene rings is 2. The first-order valence-electron chi connectivity index (χ1n) is 9.19. The molecule has 7 heteroatoms. The van der Waals surface area contributed by atoms with Crippen LogP contribution < -0.4 is 16.4 Å². The van der Waals surface area contributed by atoms with Crippen LogP contribution >= 0.6 is 24.0 Å². The highest BCUT2D eigenvalue weighted by Crippen LogP contribution is 2.11. The highest BCUT2D eigenvalue weighted by atomic mass is 127. The fourth-order valence-corrected chi connectivity index (χ4v) is 2.73. The van der Waals surface area contributed by atoms with Crippen molar-refractivity contribution >= 4 is 41.5 Å². The molecule has 3 aromatic rings. The third-order valence-electron chi connectivity index (χ3n) is 4.23. The molecule has 1 aromatic heterocycles. The predicted molar refractivity (Wildman–Crippen MR) is 127 cm³/mol. The van der Waals surface area contributed by atoms with Gasteiger partial charge in [0.2, 0.25) is 0 Å². The van der Waals surface area contributed by atoms with Gasteiger partial charge in [-0.2, -0.15) is 0 Å². The summed E-state index contributed by atoms with van der Waals surface area (Å²) < 4.78 is 5.22. The number of furan rings is 1. The zero-order valence-corrected chi connectivity index (χ0v) is 18.6. The fraction of sp³-hybridized carbons (Fsp3) is 0.182. The fourth-order valence-electron chi connectivity index (χ4n) is 2.73. The molecule has 152 valence electrons. The van der Waals surface area contributed by atoms with E-state index in [1.165, 1.54) is 5.56 Å². The summed E-state index contributed by atoms with van der Waals surface area (Å²) in [6.07, 6.45) is 2.54. The van der Waals surface area contributed by atoms with Crippen LogP contribution in [0, 0.1) is 0 Å². The summed E-state index contributed by atoms with van der Waals surface area (Å²) in [7, 11) is 0. The first-order chi connectivity index (χ1) is 13.6. The van der Waals surface area contributed by atoms with Gasteiger partial charge in [-0.3, -0.25) is 4.79 Å². The Kier molecular flexibility index (Phi) is 8.72. The Labute approximate surface area is 187 Å². The second-order valence-electron chi connectivity index (χ2n) is 6.34. The lowest BCUT2D eigenvalue weighted by Gasteiger charge is -2.08. The van der Waals surface area contributed by atoms with Crippen LogP contribution in [0.1, 0.15) is 34.2 Å². The van der Waals surface area contributed by atoms with Crippen molar-refractivity contribution in [1.29, 1.82) is 0 Å². The van der Waals surface area contributed by atoms with E-state index in [1.54, 1.807) is 18.4 Å². The van der Waals surface area contributed by atoms with Gasteiger partial charge in [-0.1, -0.05) is 31.2 Å². The number of carbonyl (C=O) groups is 1. The van der Waals surface area contributed by atoms with E-state index in [4.69, 9.17) is 10.2 Å². The van der Waals surface area contributed by atoms with E-state index < -0.39 is 0 Å². The van der Waals surface area contributed by atoms with Crippen LogP contribution in [-0.4, -0.2) is 11.9 Å². The number of amides is 1. The molecule has 0 radical (unpaired) electrons. The average Bonchev–Trinajstić information content (AvgIpc) is 3.24. The van der Waals surface area contributed by atoms with Crippen LogP contribution in [0.2, 0.25) is 0 Å². The molecule has 2 aromatic carbocycles. The number of guanidine groups is 1. The predicted octanol–water partition coefficient (Wildman–Crippen LogP) is 4.32. The first kappa shape index (κ1) is 22.5. The summed E-state index contributed by atoms with van der Waals surface area (Å²) in [5, 5.41) is 5.93. The molecule has 0 fully saturated rings. The lowest BCUT2D eigenvalue weighted by atomic mass is 10.1. The van der Waals surface area contributed by atoms with Gasteiger partial charge in [0.1, 0.15) is 5.76 Å². The van der Waals surface area contributed by atoms with E-state index >= 15 is 0 Å². The second-order valence-corrected chi connectivity index (χ2v) is 6.34. The summed E-state index contributed by atoms with van der Waals surface area (Å²) in [6.45, 7) is 2.84. The normalized spacial score (nSPS) is 10.9. The Bertz CT molecular complexity index is 955. The van der Waals surface area contributed by atoms with Crippen LogP contribution in [0.3, 0.4) is 0 Å². The molecule has 29 heavy (non-hydrogen) atoms. The van der Waals surface area contributed by atoms with Crippen molar-refractivity contribution in [3.05, 3.63) is 89.4 Å². The molecular formula is C22H25IN4O2. The number of rotatable bonds is 7. The first-order valence-corrected chi connectivity index (χ1v) is 9.19. The number of halogens is 1. The minimum Gasteiger partial charge on any atom is -0.467 e. The number of anilines is 1. The van der Waals surface area contributed by atoms with Crippen molar-refractivity contribution in [3.8, 4) is 0 Å². The smallest absolute Gasteiger partial charge is 0.251 e. The van der Waals surface area contributed by atoms with Gasteiger partial charge >= 0.3 is 0 Å². The van der Waals surface area contributed by atoms with Crippen molar-refractivity contribution in [2.45, 2.75) is 26.4 Å². The van der Waals surface area contributed by atoms with E-state index in [0.717, 1.165) is 17.7 Å². The van der Waals surface area contributed by atoms with Crippen LogP contribution in [0.4, 0.5) is 5.69 Å². The molecule has 4 N–H and O–H groups in total. The van der Waals surface area contributed by atoms with E-state index in [0.29, 0.717) is 30.4 Å². The molecule has 1 heterocycles. The molecule has 0 aliphatic carbocycles. The maximum Gasteiger partial charge on any atom is 0.251 e. The van der Waals surface area contributed by atoms with Crippen molar-refractivity contribution in [3.63, 3.8) is 0 Å². The molecule has 6 nitrogen and oxygen atoms in total. The summed E-state index contributed by atoms with van der Waals surface area (Å²) in [6, 6.07) is 19.0. The largest absolute Gasteiger partial charge is 0.467 e. The van der Waals surface area contributed by atoms with Gasteiger partial charge in [-0.25, -0.2) is 4.99 Å². The molecule has 3 rings (SSSR count). The maximum absolute atomic E-state index is 12.3. The van der Waals surface area contributed by atoms with Crippen molar-refractivity contribution in [2.24, 2.45) is 10.7 Å². The van der Waals surface area contributed by atoms with Crippen LogP contribution in [-0.2, 0) is 19.5 Å². The average molecular weight is 504 g/mol. The Morgan fingerprint density at radius 2 is 1.86 bits per heavy atom. The lowest BCUT2D eigenvalue weighted by Crippen LogP contribution is -2.23. The Morgan fingerprint density at radius 1 is 1.07 bits per heavy atom. The van der Waals surface area contributed by atoms with Gasteiger partial charge in [-0.15, -0.1) is 24.0 Å². The molecule has 0 aliphatic rings. The molecule has 0 bridgehead atoms. The van der Waals surface area contributed by atoms with Gasteiger partial charge in [0.25, 0.3) is 5.91 Å². The molecule has 1 amide bonds. The molecule has 0 saturated carbocycles. The quantitative estimate of drug-likeness (QED) is 0.254. The zero-order chi connectivity index (χ0) is 19.8. The topological polar surface area (TPSA) is 92.6 Å². The SMILES string of the molecule is CCc1cccc(NC(N)=NCc2cccc(C(=O)NCc3ccco3)c2)c1.I. The molecule has 0 unspecified atom stereocenters. The van der Waals surface area contributed by atoms with Crippen LogP contribution in [0.15, 0.2) is 76.3 Å². The molecule has 0 saturated heterocycles. The lowest BCUT2D eigenvalue weighted by molar-refractivity contribution is 0.0948. The van der Waals surface area contributed by atoms with Crippen molar-refractivity contribution < 1.29 is 9.21 Å². The number of carbonyl (C=O) groups excluding carboxylic acids is 1. The third-order valence-corrected chi connectivity index (χ3v) is 4.23. The number of hydrogen-bond donors (Lipinski definition) is 3. The van der Waals surface area contributed by atoms with Gasteiger partial charge in [0.15, 0.2) is 5.96 Å². The van der Waals surface area contributed by atoms with Gasteiger partial charge < -0.3 is 20.8 Å². The number of nitrogens with zero attached hydrogens (tertiary/aromatic N) is 1. The summed E-state index contributed by atoms with van der Waals surface area (Å²) >= 11 is 0. The Morgan fingerprint density at radius 3 is 2.62 bits per heavy atom. The molecule has 0 aliphatic heterocycles. The second kappa shape index (κ2) is 11.3. The highest BCUT2D eigenvalue weighted by molar-refractivity contribution is 14.0.